The molecule has 1 saturated heterocycles. The van der Waals surface area contributed by atoms with Crippen LogP contribution >= 0.6 is 0 Å². The van der Waals surface area contributed by atoms with E-state index < -0.39 is 29.9 Å². The highest BCUT2D eigenvalue weighted by atomic mass is 16.6. The van der Waals surface area contributed by atoms with Crippen molar-refractivity contribution in [1.82, 2.24) is 4.90 Å². The summed E-state index contributed by atoms with van der Waals surface area (Å²) in [5.41, 5.74) is -0.648. The fourth-order valence-electron chi connectivity index (χ4n) is 1.92. The third kappa shape index (κ3) is 4.35. The first-order chi connectivity index (χ1) is 9.15. The van der Waals surface area contributed by atoms with Crippen molar-refractivity contribution in [2.75, 3.05) is 20.3 Å². The molecule has 2 unspecified atom stereocenters. The summed E-state index contributed by atoms with van der Waals surface area (Å²) in [6.45, 7) is 7.11. The number of methoxy groups -OCH3 is 1. The quantitative estimate of drug-likeness (QED) is 0.819. The van der Waals surface area contributed by atoms with Gasteiger partial charge in [0.05, 0.1) is 19.2 Å². The molecule has 1 heterocycles. The number of nitrogens with zero attached hydrogens (tertiary/aromatic N) is 1. The summed E-state index contributed by atoms with van der Waals surface area (Å²) in [7, 11) is 1.50. The average molecular weight is 289 g/mol. The van der Waals surface area contributed by atoms with E-state index in [0.29, 0.717) is 0 Å². The zero-order chi connectivity index (χ0) is 15.5. The van der Waals surface area contributed by atoms with E-state index in [-0.39, 0.29) is 19.2 Å². The number of carboxylic acid groups (broad SMARTS) is 1. The first kappa shape index (κ1) is 16.7. The number of rotatable bonds is 2. The van der Waals surface area contributed by atoms with Crippen LogP contribution in [0.1, 0.15) is 27.7 Å². The van der Waals surface area contributed by atoms with E-state index in [1.54, 1.807) is 27.7 Å². The number of carbonyl (C=O) groups excluding carboxylic acids is 1. The highest BCUT2D eigenvalue weighted by Crippen LogP contribution is 2.19. The number of carboxylic acids is 1. The lowest BCUT2D eigenvalue weighted by Crippen LogP contribution is -2.49. The third-order valence-corrected chi connectivity index (χ3v) is 3.06. The lowest BCUT2D eigenvalue weighted by molar-refractivity contribution is -0.151. The summed E-state index contributed by atoms with van der Waals surface area (Å²) in [5, 5.41) is 9.10. The minimum absolute atomic E-state index is 0.0642. The molecule has 0 bridgehead atoms. The van der Waals surface area contributed by atoms with Crippen LogP contribution in [0, 0.1) is 0 Å². The van der Waals surface area contributed by atoms with Gasteiger partial charge in [-0.15, -0.1) is 0 Å². The fraction of sp³-hybridized carbons (Fsp3) is 0.846. The van der Waals surface area contributed by atoms with E-state index in [2.05, 4.69) is 0 Å². The summed E-state index contributed by atoms with van der Waals surface area (Å²) in [6.07, 6.45) is -2.04. The highest BCUT2D eigenvalue weighted by molar-refractivity contribution is 5.75. The van der Waals surface area contributed by atoms with Gasteiger partial charge >= 0.3 is 12.1 Å². The van der Waals surface area contributed by atoms with E-state index in [1.165, 1.54) is 12.0 Å². The van der Waals surface area contributed by atoms with Crippen molar-refractivity contribution < 1.29 is 28.9 Å². The maximum Gasteiger partial charge on any atom is 0.410 e. The van der Waals surface area contributed by atoms with Gasteiger partial charge < -0.3 is 19.3 Å². The van der Waals surface area contributed by atoms with Gasteiger partial charge in [-0.1, -0.05) is 0 Å². The molecule has 20 heavy (non-hydrogen) atoms. The highest BCUT2D eigenvalue weighted by Gasteiger charge is 2.38. The molecule has 116 valence electrons. The Morgan fingerprint density at radius 1 is 1.35 bits per heavy atom. The van der Waals surface area contributed by atoms with E-state index in [9.17, 15) is 9.59 Å². The molecule has 1 rings (SSSR count). The SMILES string of the molecule is COC1CO[C@H](C(=O)O)CN(C(=O)OC(C)(C)C)C1C. The molecule has 7 nitrogen and oxygen atoms in total. The van der Waals surface area contributed by atoms with Crippen LogP contribution in [0.25, 0.3) is 0 Å². The smallest absolute Gasteiger partial charge is 0.410 e. The number of hydrogen-bond donors (Lipinski definition) is 1. The van der Waals surface area contributed by atoms with Crippen molar-refractivity contribution >= 4 is 12.1 Å². The topological polar surface area (TPSA) is 85.3 Å². The first-order valence-corrected chi connectivity index (χ1v) is 6.52. The molecular formula is C13H23NO6. The molecule has 1 aliphatic rings. The van der Waals surface area contributed by atoms with Crippen LogP contribution in [-0.2, 0) is 19.0 Å². The lowest BCUT2D eigenvalue weighted by Gasteiger charge is -2.32. The third-order valence-electron chi connectivity index (χ3n) is 3.06. The predicted octanol–water partition coefficient (Wildman–Crippen LogP) is 1.11. The van der Waals surface area contributed by atoms with E-state index in [0.717, 1.165) is 0 Å². The second-order valence-corrected chi connectivity index (χ2v) is 5.81. The Labute approximate surface area is 118 Å². The van der Waals surface area contributed by atoms with Crippen molar-refractivity contribution in [3.63, 3.8) is 0 Å². The molecule has 0 aromatic rings. The van der Waals surface area contributed by atoms with Crippen LogP contribution in [0.4, 0.5) is 4.79 Å². The van der Waals surface area contributed by atoms with Crippen molar-refractivity contribution in [3.05, 3.63) is 0 Å². The number of carbonyl (C=O) groups is 2. The Hall–Kier alpha value is -1.34. The molecule has 1 fully saturated rings. The maximum atomic E-state index is 12.2. The lowest BCUT2D eigenvalue weighted by atomic mass is 10.1. The fourth-order valence-corrected chi connectivity index (χ4v) is 1.92. The summed E-state index contributed by atoms with van der Waals surface area (Å²) in [4.78, 5) is 24.7. The monoisotopic (exact) mass is 289 g/mol. The summed E-state index contributed by atoms with van der Waals surface area (Å²) in [5.74, 6) is -1.11. The number of amides is 1. The molecule has 0 saturated carbocycles. The molecule has 0 aromatic carbocycles. The van der Waals surface area contributed by atoms with Gasteiger partial charge in [-0.25, -0.2) is 9.59 Å². The van der Waals surface area contributed by atoms with Crippen molar-refractivity contribution in [3.8, 4) is 0 Å². The van der Waals surface area contributed by atoms with Gasteiger partial charge in [-0.3, -0.25) is 4.90 Å². The van der Waals surface area contributed by atoms with Crippen LogP contribution in [0.5, 0.6) is 0 Å². The normalized spacial score (nSPS) is 27.9. The number of aliphatic carboxylic acids is 1. The second kappa shape index (κ2) is 6.41. The Bertz CT molecular complexity index is 364. The van der Waals surface area contributed by atoms with Gasteiger partial charge in [0.1, 0.15) is 11.7 Å². The van der Waals surface area contributed by atoms with Crippen LogP contribution < -0.4 is 0 Å². The Morgan fingerprint density at radius 2 is 1.95 bits per heavy atom. The number of ether oxygens (including phenoxy) is 3. The molecule has 7 heteroatoms. The molecule has 1 amide bonds. The van der Waals surface area contributed by atoms with Crippen molar-refractivity contribution in [1.29, 1.82) is 0 Å². The Morgan fingerprint density at radius 3 is 2.40 bits per heavy atom. The summed E-state index contributed by atoms with van der Waals surface area (Å²) >= 11 is 0. The molecule has 0 radical (unpaired) electrons. The summed E-state index contributed by atoms with van der Waals surface area (Å²) < 4.78 is 15.8. The van der Waals surface area contributed by atoms with Crippen LogP contribution in [0.2, 0.25) is 0 Å². The van der Waals surface area contributed by atoms with Gasteiger partial charge in [0.2, 0.25) is 0 Å². The molecule has 0 aromatic heterocycles. The zero-order valence-electron chi connectivity index (χ0n) is 12.6. The minimum Gasteiger partial charge on any atom is -0.479 e. The van der Waals surface area contributed by atoms with Crippen molar-refractivity contribution in [2.24, 2.45) is 0 Å². The average Bonchev–Trinajstić information content (AvgIpc) is 2.46. The molecule has 0 aliphatic carbocycles. The molecule has 3 atom stereocenters. The molecule has 1 N–H and O–H groups in total. The molecule has 1 aliphatic heterocycles. The van der Waals surface area contributed by atoms with Gasteiger partial charge in [-0.05, 0) is 27.7 Å². The first-order valence-electron chi connectivity index (χ1n) is 6.52. The second-order valence-electron chi connectivity index (χ2n) is 5.81. The Balaban J connectivity index is 2.91. The van der Waals surface area contributed by atoms with Gasteiger partial charge in [0, 0.05) is 7.11 Å². The van der Waals surface area contributed by atoms with Gasteiger partial charge in [0.25, 0.3) is 0 Å². The standard InChI is InChI=1S/C13H23NO6/c1-8-10(18-5)7-19-9(11(15)16)6-14(8)12(17)20-13(2,3)4/h8-10H,6-7H2,1-5H3,(H,15,16)/t8?,9-,10?/m0/s1. The molecule has 0 spiro atoms. The van der Waals surface area contributed by atoms with Crippen LogP contribution in [-0.4, -0.2) is 66.2 Å². The van der Waals surface area contributed by atoms with Crippen LogP contribution in [0.15, 0.2) is 0 Å². The predicted molar refractivity (Wildman–Crippen MR) is 70.6 cm³/mol. The van der Waals surface area contributed by atoms with Gasteiger partial charge in [-0.2, -0.15) is 0 Å². The van der Waals surface area contributed by atoms with E-state index in [4.69, 9.17) is 19.3 Å². The van der Waals surface area contributed by atoms with Gasteiger partial charge in [0.15, 0.2) is 6.10 Å². The molecular weight excluding hydrogens is 266 g/mol. The van der Waals surface area contributed by atoms with Crippen molar-refractivity contribution in [2.45, 2.75) is 51.5 Å². The minimum atomic E-state index is -1.11. The van der Waals surface area contributed by atoms with Crippen LogP contribution in [0.3, 0.4) is 0 Å². The van der Waals surface area contributed by atoms with E-state index >= 15 is 0 Å². The number of hydrogen-bond acceptors (Lipinski definition) is 5. The maximum absolute atomic E-state index is 12.2. The Kier molecular flexibility index (Phi) is 5.35. The summed E-state index contributed by atoms with van der Waals surface area (Å²) in [6, 6.07) is -0.334. The largest absolute Gasteiger partial charge is 0.479 e. The van der Waals surface area contributed by atoms with E-state index in [1.807, 2.05) is 0 Å². The zero-order valence-corrected chi connectivity index (χ0v) is 12.6.